The molecule has 66 heavy (non-hydrogen) atoms. The molecule has 3 atom stereocenters. The van der Waals surface area contributed by atoms with E-state index in [0.717, 1.165) is 54.7 Å². The quantitative estimate of drug-likeness (QED) is 0.0874. The molecule has 0 aliphatic carbocycles. The van der Waals surface area contributed by atoms with Gasteiger partial charge in [-0.2, -0.15) is 4.98 Å². The first-order valence-corrected chi connectivity index (χ1v) is 22.8. The lowest BCUT2D eigenvalue weighted by molar-refractivity contribution is -0.136. The SMILES string of the molecule is C=C[C@@]1(OC)CCN(c2nccc(Nc3cc4c(cn3)c(C(=O)NC3CCN(CCCOC5CN(c6cccc7c6C(=O)N(C6CCC(=O)NC6=O)C7=O)C5)CC3)cn4C(C)C)n2)C[C@H]1F. The second kappa shape index (κ2) is 18.5. The molecule has 3 N–H and O–H groups in total. The van der Waals surface area contributed by atoms with Crippen molar-refractivity contribution in [2.24, 2.45) is 0 Å². The largest absolute Gasteiger partial charge is 0.374 e. The number of imide groups is 2. The van der Waals surface area contributed by atoms with E-state index in [9.17, 15) is 24.0 Å². The monoisotopic (exact) mass is 905 g/mol. The van der Waals surface area contributed by atoms with Crippen LogP contribution >= 0.6 is 0 Å². The number of pyridine rings is 1. The van der Waals surface area contributed by atoms with Crippen LogP contribution in [0.5, 0.6) is 0 Å². The van der Waals surface area contributed by atoms with Crippen LogP contribution in [0.3, 0.4) is 0 Å². The lowest BCUT2D eigenvalue weighted by Gasteiger charge is -2.41. The molecule has 4 saturated heterocycles. The Morgan fingerprint density at radius 3 is 2.56 bits per heavy atom. The van der Waals surface area contributed by atoms with Gasteiger partial charge in [0.25, 0.3) is 17.7 Å². The number of likely N-dealkylation sites (tertiary alicyclic amines) is 1. The minimum Gasteiger partial charge on any atom is -0.374 e. The topological polar surface area (TPSA) is 196 Å². The molecule has 5 aliphatic heterocycles. The first-order chi connectivity index (χ1) is 31.9. The number of amides is 5. The second-order valence-electron chi connectivity index (χ2n) is 18.0. The first-order valence-electron chi connectivity index (χ1n) is 22.8. The number of alkyl halides is 1. The van der Waals surface area contributed by atoms with Crippen molar-refractivity contribution >= 4 is 63.7 Å². The molecule has 5 aliphatic rings. The van der Waals surface area contributed by atoms with Gasteiger partial charge in [0, 0.05) is 108 Å². The van der Waals surface area contributed by atoms with Crippen molar-refractivity contribution in [2.45, 2.75) is 88.4 Å². The summed E-state index contributed by atoms with van der Waals surface area (Å²) < 4.78 is 28.9. The molecule has 0 spiro atoms. The molecule has 9 rings (SSSR count). The molecule has 0 radical (unpaired) electrons. The van der Waals surface area contributed by atoms with Gasteiger partial charge < -0.3 is 39.4 Å². The average Bonchev–Trinajstić information content (AvgIpc) is 3.80. The summed E-state index contributed by atoms with van der Waals surface area (Å²) in [7, 11) is 1.50. The molecule has 1 aromatic carbocycles. The van der Waals surface area contributed by atoms with Crippen LogP contribution in [0.15, 0.2) is 61.6 Å². The Balaban J connectivity index is 0.727. The van der Waals surface area contributed by atoms with Crippen LogP contribution in [0.2, 0.25) is 0 Å². The smallest absolute Gasteiger partial charge is 0.264 e. The van der Waals surface area contributed by atoms with Gasteiger partial charge in [-0.25, -0.2) is 14.4 Å². The van der Waals surface area contributed by atoms with E-state index < -0.39 is 41.4 Å². The number of aromatic nitrogens is 4. The maximum atomic E-state index is 15.2. The molecule has 4 fully saturated rings. The van der Waals surface area contributed by atoms with Crippen molar-refractivity contribution in [3.63, 3.8) is 0 Å². The number of nitrogens with zero attached hydrogens (tertiary/aromatic N) is 8. The highest BCUT2D eigenvalue weighted by Crippen LogP contribution is 2.37. The molecule has 1 unspecified atom stereocenters. The zero-order chi connectivity index (χ0) is 46.3. The highest BCUT2D eigenvalue weighted by Gasteiger charge is 2.47. The van der Waals surface area contributed by atoms with Crippen LogP contribution in [0.25, 0.3) is 10.9 Å². The maximum absolute atomic E-state index is 15.2. The van der Waals surface area contributed by atoms with E-state index in [2.05, 4.69) is 60.8 Å². The highest BCUT2D eigenvalue weighted by atomic mass is 19.1. The number of nitrogens with one attached hydrogen (secondary N) is 3. The van der Waals surface area contributed by atoms with Gasteiger partial charge in [0.15, 0.2) is 6.17 Å². The van der Waals surface area contributed by atoms with Crippen LogP contribution in [-0.4, -0.2) is 148 Å². The summed E-state index contributed by atoms with van der Waals surface area (Å²) in [6.45, 7) is 12.8. The summed E-state index contributed by atoms with van der Waals surface area (Å²) >= 11 is 0. The van der Waals surface area contributed by atoms with Crippen molar-refractivity contribution in [2.75, 3.05) is 74.6 Å². The van der Waals surface area contributed by atoms with E-state index in [-0.39, 0.29) is 49.0 Å². The third-order valence-corrected chi connectivity index (χ3v) is 13.6. The summed E-state index contributed by atoms with van der Waals surface area (Å²) in [4.78, 5) is 85.6. The van der Waals surface area contributed by atoms with Crippen LogP contribution in [-0.2, 0) is 19.1 Å². The van der Waals surface area contributed by atoms with Gasteiger partial charge in [-0.3, -0.25) is 34.2 Å². The van der Waals surface area contributed by atoms with E-state index in [4.69, 9.17) is 9.47 Å². The van der Waals surface area contributed by atoms with Crippen molar-refractivity contribution in [1.29, 1.82) is 0 Å². The number of halogens is 1. The third kappa shape index (κ3) is 8.62. The maximum Gasteiger partial charge on any atom is 0.264 e. The number of hydrogen-bond acceptors (Lipinski definition) is 14. The molecule has 348 valence electrons. The summed E-state index contributed by atoms with van der Waals surface area (Å²) in [5, 5.41) is 9.54. The van der Waals surface area contributed by atoms with Crippen LogP contribution in [0.4, 0.5) is 27.7 Å². The molecule has 18 nitrogen and oxygen atoms in total. The van der Waals surface area contributed by atoms with Crippen molar-refractivity contribution in [3.8, 4) is 0 Å². The standard InChI is InChI=1S/C47H56FN11O7/c1-5-47(65-4)15-20-56(27-37(47)48)46-49-16-12-38(53-46)52-39-22-36-32(23-50-39)33(26-58(36)28(2)3)42(61)51-29-13-18-55(19-14-29)17-7-21-66-30-24-57(25-30)34-9-6-8-31-41(34)45(64)59(44(31)63)35-10-11-40(60)54-43(35)62/h5-6,8-9,12,16,22-23,26,28-30,35,37H,1,7,10-11,13-15,17-21,24-25,27H2,2-4H3,(H,51,61)(H,54,60,62)(H,49,50,52,53)/t35?,37-,47-/m1/s1. The Kier molecular flexibility index (Phi) is 12.6. The molecular formula is C47H56FN11O7. The normalized spacial score (nSPS) is 23.1. The predicted octanol–water partition coefficient (Wildman–Crippen LogP) is 4.16. The summed E-state index contributed by atoms with van der Waals surface area (Å²) in [6.07, 6.45) is 8.59. The zero-order valence-electron chi connectivity index (χ0n) is 37.5. The van der Waals surface area contributed by atoms with Gasteiger partial charge in [-0.15, -0.1) is 6.58 Å². The Morgan fingerprint density at radius 2 is 1.83 bits per heavy atom. The van der Waals surface area contributed by atoms with Crippen LogP contribution in [0.1, 0.15) is 89.5 Å². The number of carbonyl (C=O) groups is 5. The van der Waals surface area contributed by atoms with E-state index in [1.165, 1.54) is 13.2 Å². The second-order valence-corrected chi connectivity index (χ2v) is 18.0. The molecule has 19 heteroatoms. The van der Waals surface area contributed by atoms with Crippen LogP contribution in [0, 0.1) is 0 Å². The molecule has 5 amide bonds. The molecule has 4 aromatic rings. The average molecular weight is 906 g/mol. The van der Waals surface area contributed by atoms with Gasteiger partial charge in [-0.1, -0.05) is 12.1 Å². The summed E-state index contributed by atoms with van der Waals surface area (Å²) in [6, 6.07) is 7.91. The zero-order valence-corrected chi connectivity index (χ0v) is 37.5. The van der Waals surface area contributed by atoms with Gasteiger partial charge in [0.1, 0.15) is 23.3 Å². The summed E-state index contributed by atoms with van der Waals surface area (Å²) in [5.41, 5.74) is 1.61. The number of rotatable bonds is 15. The molecule has 0 saturated carbocycles. The Hall–Kier alpha value is -6.31. The van der Waals surface area contributed by atoms with Gasteiger partial charge >= 0.3 is 0 Å². The van der Waals surface area contributed by atoms with Crippen molar-refractivity contribution < 1.29 is 37.8 Å². The highest BCUT2D eigenvalue weighted by molar-refractivity contribution is 6.25. The Bertz CT molecular complexity index is 2560. The number of hydrogen-bond donors (Lipinski definition) is 3. The number of fused-ring (bicyclic) bond motifs is 2. The van der Waals surface area contributed by atoms with E-state index in [1.54, 1.807) is 35.5 Å². The summed E-state index contributed by atoms with van der Waals surface area (Å²) in [5.74, 6) is -0.742. The molecule has 3 aromatic heterocycles. The number of carbonyl (C=O) groups excluding carboxylic acids is 5. The Labute approximate surface area is 381 Å². The van der Waals surface area contributed by atoms with E-state index >= 15 is 4.39 Å². The fourth-order valence-electron chi connectivity index (χ4n) is 9.76. The lowest BCUT2D eigenvalue weighted by atomic mass is 9.89. The predicted molar refractivity (Wildman–Crippen MR) is 244 cm³/mol. The van der Waals surface area contributed by atoms with Crippen molar-refractivity contribution in [1.82, 2.24) is 40.0 Å². The number of methoxy groups -OCH3 is 1. The first kappa shape index (κ1) is 44.9. The number of anilines is 4. The van der Waals surface area contributed by atoms with Gasteiger partial charge in [0.05, 0.1) is 40.5 Å². The number of benzene rings is 1. The van der Waals surface area contributed by atoms with Crippen molar-refractivity contribution in [3.05, 3.63) is 78.3 Å². The van der Waals surface area contributed by atoms with Gasteiger partial charge in [0.2, 0.25) is 17.8 Å². The Morgan fingerprint density at radius 1 is 1.03 bits per heavy atom. The number of piperidine rings is 3. The van der Waals surface area contributed by atoms with Gasteiger partial charge in [-0.05, 0) is 57.7 Å². The fourth-order valence-corrected chi connectivity index (χ4v) is 9.76. The third-order valence-electron chi connectivity index (χ3n) is 13.6. The lowest BCUT2D eigenvalue weighted by Crippen LogP contribution is -2.54. The molecule has 0 bridgehead atoms. The molecular weight excluding hydrogens is 850 g/mol. The minimum atomic E-state index is -1.28. The van der Waals surface area contributed by atoms with E-state index in [0.29, 0.717) is 67.1 Å². The number of ether oxygens (including phenoxy) is 2. The molecule has 8 heterocycles. The van der Waals surface area contributed by atoms with Crippen LogP contribution < -0.4 is 25.8 Å². The minimum absolute atomic E-state index is 0.0134. The van der Waals surface area contributed by atoms with E-state index in [1.807, 2.05) is 23.2 Å². The fraction of sp³-hybridized carbons (Fsp3) is 0.489.